The van der Waals surface area contributed by atoms with Crippen molar-refractivity contribution in [2.24, 2.45) is 0 Å². The average molecular weight is 684 g/mol. The van der Waals surface area contributed by atoms with Gasteiger partial charge in [-0.1, -0.05) is 72.9 Å². The van der Waals surface area contributed by atoms with Gasteiger partial charge in [-0.15, -0.1) is 0 Å². The summed E-state index contributed by atoms with van der Waals surface area (Å²) >= 11 is 0. The van der Waals surface area contributed by atoms with Gasteiger partial charge < -0.3 is 9.80 Å². The SMILES string of the molecule is CN(C)c1ccc(C=CC=Cc2ccc3nc(C=CC=Cc4ccc(N(C)C)cc4)cc(-c4cc(C(F)(F)F)cc(C(F)(F)F)c4)c3c2)cc1. The van der Waals surface area contributed by atoms with Crippen molar-refractivity contribution in [3.05, 3.63) is 149 Å². The molecule has 9 heteroatoms. The summed E-state index contributed by atoms with van der Waals surface area (Å²) < 4.78 is 83.1. The summed E-state index contributed by atoms with van der Waals surface area (Å²) in [7, 11) is 7.82. The Balaban J connectivity index is 1.53. The standard InChI is InChI=1S/C41H35F6N3/c1-49(2)35-18-13-28(14-19-35)9-5-6-11-30-17-22-39-38(23-30)37(31-24-32(40(42,43)44)26-33(25-31)41(45,46)47)27-34(48-39)12-8-7-10-29-15-20-36(21-16-29)50(3)4/h5-27H,1-4H3. The largest absolute Gasteiger partial charge is 0.416 e. The van der Waals surface area contributed by atoms with E-state index in [4.69, 9.17) is 0 Å². The number of halogens is 6. The highest BCUT2D eigenvalue weighted by Gasteiger charge is 2.37. The molecule has 256 valence electrons. The van der Waals surface area contributed by atoms with E-state index in [-0.39, 0.29) is 17.2 Å². The number of nitrogens with zero attached hydrogens (tertiary/aromatic N) is 3. The topological polar surface area (TPSA) is 19.4 Å². The van der Waals surface area contributed by atoms with Gasteiger partial charge in [0.2, 0.25) is 0 Å². The van der Waals surface area contributed by atoms with E-state index in [0.29, 0.717) is 22.2 Å². The van der Waals surface area contributed by atoms with E-state index in [1.54, 1.807) is 36.4 Å². The number of alkyl halides is 6. The highest BCUT2D eigenvalue weighted by molar-refractivity contribution is 5.97. The predicted octanol–water partition coefficient (Wildman–Crippen LogP) is 11.5. The Morgan fingerprint density at radius 3 is 1.40 bits per heavy atom. The lowest BCUT2D eigenvalue weighted by molar-refractivity contribution is -0.143. The fraction of sp³-hybridized carbons (Fsp3) is 0.146. The number of fused-ring (bicyclic) bond motifs is 1. The van der Waals surface area contributed by atoms with Gasteiger partial charge in [0.05, 0.1) is 22.3 Å². The molecule has 0 bridgehead atoms. The molecule has 0 aliphatic heterocycles. The first-order chi connectivity index (χ1) is 23.7. The number of rotatable bonds is 9. The smallest absolute Gasteiger partial charge is 0.378 e. The molecule has 1 heterocycles. The lowest BCUT2D eigenvalue weighted by Gasteiger charge is -2.16. The van der Waals surface area contributed by atoms with Crippen molar-refractivity contribution in [3.63, 3.8) is 0 Å². The average Bonchev–Trinajstić information content (AvgIpc) is 3.07. The Hall–Kier alpha value is -5.57. The summed E-state index contributed by atoms with van der Waals surface area (Å²) in [6.07, 6.45) is 4.51. The Morgan fingerprint density at radius 1 is 0.500 bits per heavy atom. The zero-order valence-corrected chi connectivity index (χ0v) is 27.9. The maximum absolute atomic E-state index is 13.8. The van der Waals surface area contributed by atoms with Crippen LogP contribution in [0.5, 0.6) is 0 Å². The summed E-state index contributed by atoms with van der Waals surface area (Å²) in [6, 6.07) is 24.2. The van der Waals surface area contributed by atoms with Crippen molar-refractivity contribution in [3.8, 4) is 11.1 Å². The number of aromatic nitrogens is 1. The van der Waals surface area contributed by atoms with Crippen molar-refractivity contribution < 1.29 is 26.3 Å². The van der Waals surface area contributed by atoms with Crippen molar-refractivity contribution in [1.82, 2.24) is 4.98 Å². The number of hydrogen-bond donors (Lipinski definition) is 0. The lowest BCUT2D eigenvalue weighted by Crippen LogP contribution is -2.11. The van der Waals surface area contributed by atoms with Gasteiger partial charge in [0, 0.05) is 45.0 Å². The number of anilines is 2. The predicted molar refractivity (Wildman–Crippen MR) is 195 cm³/mol. The molecule has 0 N–H and O–H groups in total. The van der Waals surface area contributed by atoms with E-state index < -0.39 is 23.5 Å². The molecule has 4 aromatic carbocycles. The van der Waals surface area contributed by atoms with Gasteiger partial charge in [0.15, 0.2) is 0 Å². The highest BCUT2D eigenvalue weighted by atomic mass is 19.4. The third kappa shape index (κ3) is 9.11. The zero-order chi connectivity index (χ0) is 36.1. The molecule has 5 aromatic rings. The number of pyridine rings is 1. The molecule has 0 amide bonds. The molecule has 0 atom stereocenters. The van der Waals surface area contributed by atoms with Crippen LogP contribution in [0.1, 0.15) is 33.5 Å². The third-order valence-corrected chi connectivity index (χ3v) is 7.93. The van der Waals surface area contributed by atoms with Gasteiger partial charge in [-0.3, -0.25) is 0 Å². The molecule has 1 aromatic heterocycles. The molecule has 5 rings (SSSR count). The van der Waals surface area contributed by atoms with E-state index in [0.717, 1.165) is 34.6 Å². The van der Waals surface area contributed by atoms with Gasteiger partial charge in [0.25, 0.3) is 0 Å². The van der Waals surface area contributed by atoms with E-state index in [1.165, 1.54) is 6.07 Å². The molecule has 0 aliphatic carbocycles. The fourth-order valence-electron chi connectivity index (χ4n) is 5.22. The van der Waals surface area contributed by atoms with Gasteiger partial charge in [-0.05, 0) is 94.6 Å². The molecule has 50 heavy (non-hydrogen) atoms. The maximum atomic E-state index is 13.8. The molecule has 3 nitrogen and oxygen atoms in total. The summed E-state index contributed by atoms with van der Waals surface area (Å²) in [5, 5.41) is 0.413. The maximum Gasteiger partial charge on any atom is 0.416 e. The summed E-state index contributed by atoms with van der Waals surface area (Å²) in [5.74, 6) is 0. The van der Waals surface area contributed by atoms with Crippen LogP contribution in [-0.4, -0.2) is 33.2 Å². The van der Waals surface area contributed by atoms with E-state index in [1.807, 2.05) is 117 Å². The number of hydrogen-bond acceptors (Lipinski definition) is 3. The molecule has 0 aliphatic rings. The first-order valence-corrected chi connectivity index (χ1v) is 15.7. The van der Waals surface area contributed by atoms with Gasteiger partial charge in [-0.25, -0.2) is 4.98 Å². The normalized spacial score (nSPS) is 12.7. The minimum absolute atomic E-state index is 0.137. The van der Waals surface area contributed by atoms with Crippen LogP contribution in [0.15, 0.2) is 115 Å². The van der Waals surface area contributed by atoms with Crippen molar-refractivity contribution >= 4 is 46.6 Å². The molecular weight excluding hydrogens is 648 g/mol. The Morgan fingerprint density at radius 2 is 0.940 bits per heavy atom. The van der Waals surface area contributed by atoms with Crippen LogP contribution >= 0.6 is 0 Å². The number of allylic oxidation sites excluding steroid dienone is 4. The van der Waals surface area contributed by atoms with Crippen LogP contribution in [0.3, 0.4) is 0 Å². The second-order valence-corrected chi connectivity index (χ2v) is 12.1. The second kappa shape index (κ2) is 14.9. The van der Waals surface area contributed by atoms with Gasteiger partial charge in [-0.2, -0.15) is 26.3 Å². The third-order valence-electron chi connectivity index (χ3n) is 7.93. The summed E-state index contributed by atoms with van der Waals surface area (Å²) in [5.41, 5.74) is 2.78. The fourth-order valence-corrected chi connectivity index (χ4v) is 5.22. The summed E-state index contributed by atoms with van der Waals surface area (Å²) in [4.78, 5) is 8.65. The van der Waals surface area contributed by atoms with Crippen LogP contribution < -0.4 is 9.80 Å². The van der Waals surface area contributed by atoms with Gasteiger partial charge in [0.1, 0.15) is 0 Å². The number of benzene rings is 4. The highest BCUT2D eigenvalue weighted by Crippen LogP contribution is 2.40. The first-order valence-electron chi connectivity index (χ1n) is 15.7. The quantitative estimate of drug-likeness (QED) is 0.114. The van der Waals surface area contributed by atoms with Crippen LogP contribution in [-0.2, 0) is 12.4 Å². The molecule has 0 saturated heterocycles. The van der Waals surface area contributed by atoms with E-state index in [9.17, 15) is 26.3 Å². The van der Waals surface area contributed by atoms with Gasteiger partial charge >= 0.3 is 12.4 Å². The van der Waals surface area contributed by atoms with E-state index in [2.05, 4.69) is 4.98 Å². The van der Waals surface area contributed by atoms with Crippen LogP contribution in [0.25, 0.3) is 46.3 Å². The monoisotopic (exact) mass is 683 g/mol. The summed E-state index contributed by atoms with van der Waals surface area (Å²) in [6.45, 7) is 0. The van der Waals surface area contributed by atoms with Crippen molar-refractivity contribution in [2.75, 3.05) is 38.0 Å². The zero-order valence-electron chi connectivity index (χ0n) is 27.9. The minimum Gasteiger partial charge on any atom is -0.378 e. The van der Waals surface area contributed by atoms with Crippen molar-refractivity contribution in [1.29, 1.82) is 0 Å². The van der Waals surface area contributed by atoms with Crippen LogP contribution in [0.2, 0.25) is 0 Å². The minimum atomic E-state index is -4.98. The Labute approximate surface area is 287 Å². The molecule has 0 fully saturated rings. The Bertz CT molecular complexity index is 2030. The van der Waals surface area contributed by atoms with E-state index >= 15 is 0 Å². The molecule has 0 spiro atoms. The first kappa shape index (κ1) is 35.7. The molecule has 0 saturated carbocycles. The van der Waals surface area contributed by atoms with Crippen LogP contribution in [0.4, 0.5) is 37.7 Å². The molecule has 0 radical (unpaired) electrons. The lowest BCUT2D eigenvalue weighted by atomic mass is 9.95. The van der Waals surface area contributed by atoms with Crippen LogP contribution in [0, 0.1) is 0 Å². The Kier molecular flexibility index (Phi) is 10.7. The second-order valence-electron chi connectivity index (χ2n) is 12.1. The molecular formula is C41H35F6N3. The van der Waals surface area contributed by atoms with Crippen molar-refractivity contribution in [2.45, 2.75) is 12.4 Å². The molecule has 0 unspecified atom stereocenters.